The molecule has 4 nitrogen and oxygen atoms in total. The molecule has 1 heterocycles. The van der Waals surface area contributed by atoms with Gasteiger partial charge in [-0.25, -0.2) is 4.98 Å². The van der Waals surface area contributed by atoms with Gasteiger partial charge in [-0.1, -0.05) is 12.1 Å². The Morgan fingerprint density at radius 2 is 1.59 bits per heavy atom. The van der Waals surface area contributed by atoms with Gasteiger partial charge in [0.25, 0.3) is 0 Å². The average Bonchev–Trinajstić information content (AvgIpc) is 2.94. The van der Waals surface area contributed by atoms with Gasteiger partial charge in [0.1, 0.15) is 5.52 Å². The van der Waals surface area contributed by atoms with Gasteiger partial charge in [0.05, 0.1) is 0 Å². The van der Waals surface area contributed by atoms with Crippen molar-refractivity contribution >= 4 is 22.7 Å². The van der Waals surface area contributed by atoms with Crippen LogP contribution in [0.15, 0.2) is 51.0 Å². The summed E-state index contributed by atoms with van der Waals surface area (Å²) in [6.07, 6.45) is 0.973. The van der Waals surface area contributed by atoms with Crippen LogP contribution in [0.2, 0.25) is 0 Å². The summed E-state index contributed by atoms with van der Waals surface area (Å²) in [6.45, 7) is 5.13. The largest absolute Gasteiger partial charge is 0.441 e. The van der Waals surface area contributed by atoms with E-state index in [4.69, 9.17) is 4.42 Å². The van der Waals surface area contributed by atoms with E-state index in [0.29, 0.717) is 41.0 Å². The van der Waals surface area contributed by atoms with Gasteiger partial charge in [-0.05, 0) is 39.3 Å². The van der Waals surface area contributed by atoms with Gasteiger partial charge in [-0.2, -0.15) is 0 Å². The molecule has 0 saturated heterocycles. The van der Waals surface area contributed by atoms with Crippen molar-refractivity contribution in [2.24, 2.45) is 0 Å². The Morgan fingerprint density at radius 3 is 2.32 bits per heavy atom. The first-order chi connectivity index (χ1) is 10.5. The second kappa shape index (κ2) is 5.37. The molecule has 0 bridgehead atoms. The number of carbonyl (C=O) groups is 2. The van der Waals surface area contributed by atoms with E-state index >= 15 is 0 Å². The van der Waals surface area contributed by atoms with Crippen LogP contribution in [0.1, 0.15) is 33.1 Å². The summed E-state index contributed by atoms with van der Waals surface area (Å²) in [5.74, 6) is 0.515. The van der Waals surface area contributed by atoms with E-state index in [-0.39, 0.29) is 11.6 Å². The second-order valence-corrected chi connectivity index (χ2v) is 5.59. The zero-order valence-corrected chi connectivity index (χ0v) is 12.9. The molecule has 0 atom stereocenters. The topological polar surface area (TPSA) is 60.2 Å². The van der Waals surface area contributed by atoms with Crippen LogP contribution in [-0.2, 0) is 16.0 Å². The predicted molar refractivity (Wildman–Crippen MR) is 83.4 cm³/mol. The smallest absolute Gasteiger partial charge is 0.195 e. The molecule has 112 valence electrons. The monoisotopic (exact) mass is 295 g/mol. The molecule has 0 radical (unpaired) electrons. The van der Waals surface area contributed by atoms with Crippen LogP contribution < -0.4 is 0 Å². The molecule has 0 saturated carbocycles. The number of oxazole rings is 1. The third-order valence-electron chi connectivity index (χ3n) is 4.24. The number of benzene rings is 1. The highest BCUT2D eigenvalue weighted by atomic mass is 16.3. The maximum Gasteiger partial charge on any atom is 0.195 e. The number of hydrogen-bond donors (Lipinski definition) is 0. The maximum absolute atomic E-state index is 12.4. The van der Waals surface area contributed by atoms with Crippen molar-refractivity contribution in [3.63, 3.8) is 0 Å². The van der Waals surface area contributed by atoms with E-state index in [0.717, 1.165) is 11.1 Å². The normalized spacial score (nSPS) is 16.1. The van der Waals surface area contributed by atoms with Crippen LogP contribution >= 0.6 is 0 Å². The van der Waals surface area contributed by atoms with Crippen molar-refractivity contribution in [3.05, 3.63) is 52.4 Å². The van der Waals surface area contributed by atoms with Crippen molar-refractivity contribution in [2.45, 2.75) is 33.6 Å². The van der Waals surface area contributed by atoms with Gasteiger partial charge in [0.2, 0.25) is 0 Å². The SMILES string of the molecule is CC1=C(C)C(=O)C(CCc2nc3ccccc3o2)=C(C)C1=O. The van der Waals surface area contributed by atoms with Crippen molar-refractivity contribution in [1.82, 2.24) is 4.98 Å². The van der Waals surface area contributed by atoms with Crippen molar-refractivity contribution in [3.8, 4) is 0 Å². The van der Waals surface area contributed by atoms with E-state index < -0.39 is 0 Å². The molecule has 0 spiro atoms. The molecule has 1 aromatic heterocycles. The molecule has 3 rings (SSSR count). The fraction of sp³-hybridized carbons (Fsp3) is 0.278. The first kappa shape index (κ1) is 14.4. The maximum atomic E-state index is 12.4. The van der Waals surface area contributed by atoms with Crippen molar-refractivity contribution < 1.29 is 14.0 Å². The number of aryl methyl sites for hydroxylation is 1. The highest BCUT2D eigenvalue weighted by molar-refractivity contribution is 6.24. The summed E-state index contributed by atoms with van der Waals surface area (Å²) in [6, 6.07) is 7.55. The van der Waals surface area contributed by atoms with Crippen LogP contribution in [0.3, 0.4) is 0 Å². The highest BCUT2D eigenvalue weighted by Crippen LogP contribution is 2.27. The predicted octanol–water partition coefficient (Wildman–Crippen LogP) is 3.57. The Morgan fingerprint density at radius 1 is 0.909 bits per heavy atom. The fourth-order valence-corrected chi connectivity index (χ4v) is 2.72. The number of para-hydroxylation sites is 2. The number of nitrogens with zero attached hydrogens (tertiary/aromatic N) is 1. The minimum absolute atomic E-state index is 0.0364. The second-order valence-electron chi connectivity index (χ2n) is 5.59. The van der Waals surface area contributed by atoms with Crippen LogP contribution in [0.5, 0.6) is 0 Å². The van der Waals surface area contributed by atoms with Gasteiger partial charge in [0.15, 0.2) is 23.0 Å². The first-order valence-electron chi connectivity index (χ1n) is 7.30. The lowest BCUT2D eigenvalue weighted by molar-refractivity contribution is -0.116. The Bertz CT molecular complexity index is 819. The number of Topliss-reactive ketones (excluding diaryl/α,β-unsaturated/α-hetero) is 2. The molecular weight excluding hydrogens is 278 g/mol. The number of ketones is 2. The van der Waals surface area contributed by atoms with Crippen molar-refractivity contribution in [1.29, 1.82) is 0 Å². The third-order valence-corrected chi connectivity index (χ3v) is 4.24. The van der Waals surface area contributed by atoms with Crippen molar-refractivity contribution in [2.75, 3.05) is 0 Å². The molecule has 1 aliphatic rings. The van der Waals surface area contributed by atoms with E-state index in [9.17, 15) is 9.59 Å². The van der Waals surface area contributed by atoms with Crippen LogP contribution in [0.25, 0.3) is 11.1 Å². The highest BCUT2D eigenvalue weighted by Gasteiger charge is 2.27. The quantitative estimate of drug-likeness (QED) is 0.812. The molecule has 4 heteroatoms. The molecule has 2 aromatic rings. The summed E-state index contributed by atoms with van der Waals surface area (Å²) in [7, 11) is 0. The van der Waals surface area contributed by atoms with Gasteiger partial charge < -0.3 is 4.42 Å². The molecule has 0 N–H and O–H groups in total. The molecule has 0 fully saturated rings. The lowest BCUT2D eigenvalue weighted by atomic mass is 9.84. The lowest BCUT2D eigenvalue weighted by Gasteiger charge is -2.18. The Kier molecular flexibility index (Phi) is 3.53. The van der Waals surface area contributed by atoms with E-state index in [1.54, 1.807) is 20.8 Å². The van der Waals surface area contributed by atoms with E-state index in [2.05, 4.69) is 4.98 Å². The zero-order valence-electron chi connectivity index (χ0n) is 12.9. The zero-order chi connectivity index (χ0) is 15.9. The fourth-order valence-electron chi connectivity index (χ4n) is 2.72. The molecular formula is C18H17NO3. The van der Waals surface area contributed by atoms with Gasteiger partial charge >= 0.3 is 0 Å². The number of rotatable bonds is 3. The average molecular weight is 295 g/mol. The summed E-state index contributed by atoms with van der Waals surface area (Å²) in [5.41, 5.74) is 3.76. The van der Waals surface area contributed by atoms with Crippen LogP contribution in [-0.4, -0.2) is 16.6 Å². The molecule has 0 amide bonds. The van der Waals surface area contributed by atoms with Gasteiger partial charge in [-0.15, -0.1) is 0 Å². The molecule has 0 unspecified atom stereocenters. The number of hydrogen-bond acceptors (Lipinski definition) is 4. The van der Waals surface area contributed by atoms with Gasteiger partial charge in [-0.3, -0.25) is 9.59 Å². The van der Waals surface area contributed by atoms with Crippen LogP contribution in [0.4, 0.5) is 0 Å². The minimum atomic E-state index is -0.0373. The van der Waals surface area contributed by atoms with E-state index in [1.165, 1.54) is 0 Å². The Labute approximate surface area is 128 Å². The third kappa shape index (κ3) is 2.30. The molecule has 22 heavy (non-hydrogen) atoms. The number of allylic oxidation sites excluding steroid dienone is 4. The van der Waals surface area contributed by atoms with Gasteiger partial charge in [0, 0.05) is 28.7 Å². The van der Waals surface area contributed by atoms with Crippen LogP contribution in [0, 0.1) is 0 Å². The summed E-state index contributed by atoms with van der Waals surface area (Å²) < 4.78 is 5.66. The summed E-state index contributed by atoms with van der Waals surface area (Å²) in [4.78, 5) is 28.9. The Balaban J connectivity index is 1.84. The molecule has 0 aliphatic heterocycles. The number of fused-ring (bicyclic) bond motifs is 1. The minimum Gasteiger partial charge on any atom is -0.441 e. The van der Waals surface area contributed by atoms with E-state index in [1.807, 2.05) is 24.3 Å². The lowest BCUT2D eigenvalue weighted by Crippen LogP contribution is -2.21. The standard InChI is InChI=1S/C18H17NO3/c1-10-11(2)18(21)13(12(3)17(10)20)8-9-16-19-14-6-4-5-7-15(14)22-16/h4-7H,8-9H2,1-3H3. The summed E-state index contributed by atoms with van der Waals surface area (Å²) >= 11 is 0. The first-order valence-corrected chi connectivity index (χ1v) is 7.30. The summed E-state index contributed by atoms with van der Waals surface area (Å²) in [5, 5.41) is 0. The Hall–Kier alpha value is -2.49. The molecule has 1 aromatic carbocycles. The number of aromatic nitrogens is 1. The number of carbonyl (C=O) groups excluding carboxylic acids is 2. The molecule has 1 aliphatic carbocycles.